The molecule has 7 heteroatoms. The minimum atomic E-state index is -0.848. The predicted molar refractivity (Wildman–Crippen MR) is 62.3 cm³/mol. The highest BCUT2D eigenvalue weighted by molar-refractivity contribution is 5.92. The van der Waals surface area contributed by atoms with Crippen molar-refractivity contribution in [2.24, 2.45) is 5.41 Å². The van der Waals surface area contributed by atoms with E-state index in [9.17, 15) is 14.4 Å². The molecule has 2 rings (SSSR count). The zero-order valence-corrected chi connectivity index (χ0v) is 9.78. The van der Waals surface area contributed by atoms with Crippen molar-refractivity contribution in [2.45, 2.75) is 25.7 Å². The second-order valence-electron chi connectivity index (χ2n) is 4.76. The molecule has 1 aliphatic rings. The van der Waals surface area contributed by atoms with E-state index in [0.29, 0.717) is 6.54 Å². The molecule has 1 saturated carbocycles. The summed E-state index contributed by atoms with van der Waals surface area (Å²) in [5.74, 6) is -1.25. The lowest BCUT2D eigenvalue weighted by molar-refractivity contribution is -0.141. The fourth-order valence-corrected chi connectivity index (χ4v) is 2.23. The summed E-state index contributed by atoms with van der Waals surface area (Å²) in [6.45, 7) is 0.325. The number of aliphatic carboxylic acids is 1. The Hall–Kier alpha value is -2.05. The number of aromatic amines is 2. The monoisotopic (exact) mass is 253 g/mol. The minimum Gasteiger partial charge on any atom is -0.481 e. The molecule has 0 spiro atoms. The molecule has 4 N–H and O–H groups in total. The van der Waals surface area contributed by atoms with Crippen molar-refractivity contribution in [3.05, 3.63) is 22.4 Å². The van der Waals surface area contributed by atoms with Crippen molar-refractivity contribution >= 4 is 11.9 Å². The van der Waals surface area contributed by atoms with Crippen LogP contribution in [0.2, 0.25) is 0 Å². The Kier molecular flexibility index (Phi) is 3.22. The maximum Gasteiger partial charge on any atom is 0.323 e. The van der Waals surface area contributed by atoms with Crippen LogP contribution in [0.4, 0.5) is 0 Å². The first-order valence-corrected chi connectivity index (χ1v) is 5.78. The van der Waals surface area contributed by atoms with Gasteiger partial charge < -0.3 is 20.4 Å². The molecule has 0 aliphatic heterocycles. The van der Waals surface area contributed by atoms with E-state index in [1.165, 1.54) is 6.20 Å². The average Bonchev–Trinajstić information content (AvgIpc) is 2.68. The molecule has 0 unspecified atom stereocenters. The van der Waals surface area contributed by atoms with Crippen LogP contribution in [0.15, 0.2) is 11.0 Å². The van der Waals surface area contributed by atoms with Crippen LogP contribution in [0.3, 0.4) is 0 Å². The van der Waals surface area contributed by atoms with Gasteiger partial charge in [0.05, 0.1) is 6.42 Å². The number of carbonyl (C=O) groups excluding carboxylic acids is 1. The zero-order chi connectivity index (χ0) is 13.2. The Labute approximate surface area is 103 Å². The lowest BCUT2D eigenvalue weighted by Crippen LogP contribution is -2.43. The summed E-state index contributed by atoms with van der Waals surface area (Å²) in [7, 11) is 0. The number of nitrogens with one attached hydrogen (secondary N) is 3. The van der Waals surface area contributed by atoms with Crippen molar-refractivity contribution in [3.8, 4) is 0 Å². The summed E-state index contributed by atoms with van der Waals surface area (Å²) in [5.41, 5.74) is -0.605. The van der Waals surface area contributed by atoms with Crippen LogP contribution in [-0.4, -0.2) is 33.5 Å². The maximum absolute atomic E-state index is 11.7. The standard InChI is InChI=1S/C11H15N3O4/c15-8(16)4-11(2-1-3-11)6-13-9(17)7-5-12-10(18)14-7/h5H,1-4,6H2,(H,13,17)(H,15,16)(H2,12,14,18). The van der Waals surface area contributed by atoms with Crippen LogP contribution in [0.1, 0.15) is 36.2 Å². The third kappa shape index (κ3) is 2.61. The molecule has 0 saturated heterocycles. The summed E-state index contributed by atoms with van der Waals surface area (Å²) < 4.78 is 0. The summed E-state index contributed by atoms with van der Waals surface area (Å²) in [4.78, 5) is 38.0. The average molecular weight is 253 g/mol. The molecule has 1 aromatic rings. The van der Waals surface area contributed by atoms with Crippen LogP contribution >= 0.6 is 0 Å². The number of rotatable bonds is 5. The van der Waals surface area contributed by atoms with Gasteiger partial charge in [0.2, 0.25) is 0 Å². The number of hydrogen-bond acceptors (Lipinski definition) is 3. The summed E-state index contributed by atoms with van der Waals surface area (Å²) in [6, 6.07) is 0. The van der Waals surface area contributed by atoms with Gasteiger partial charge in [-0.2, -0.15) is 0 Å². The van der Waals surface area contributed by atoms with Gasteiger partial charge in [0.15, 0.2) is 0 Å². The van der Waals surface area contributed by atoms with Gasteiger partial charge in [0, 0.05) is 12.7 Å². The Balaban J connectivity index is 1.92. The van der Waals surface area contributed by atoms with E-state index in [4.69, 9.17) is 5.11 Å². The van der Waals surface area contributed by atoms with Gasteiger partial charge in [-0.1, -0.05) is 6.42 Å². The van der Waals surface area contributed by atoms with Crippen LogP contribution in [0, 0.1) is 5.41 Å². The number of imidazole rings is 1. The number of carboxylic acid groups (broad SMARTS) is 1. The molecule has 1 aromatic heterocycles. The van der Waals surface area contributed by atoms with E-state index in [1.807, 2.05) is 0 Å². The molecule has 7 nitrogen and oxygen atoms in total. The van der Waals surface area contributed by atoms with E-state index in [1.54, 1.807) is 0 Å². The topological polar surface area (TPSA) is 115 Å². The van der Waals surface area contributed by atoms with E-state index in [-0.39, 0.29) is 17.5 Å². The molecule has 1 aliphatic carbocycles. The van der Waals surface area contributed by atoms with Gasteiger partial charge in [0.1, 0.15) is 5.69 Å². The number of H-pyrrole nitrogens is 2. The fraction of sp³-hybridized carbons (Fsp3) is 0.545. The van der Waals surface area contributed by atoms with E-state index in [0.717, 1.165) is 19.3 Å². The summed E-state index contributed by atoms with van der Waals surface area (Å²) >= 11 is 0. The molecule has 0 atom stereocenters. The third-order valence-electron chi connectivity index (χ3n) is 3.40. The van der Waals surface area contributed by atoms with E-state index < -0.39 is 17.6 Å². The van der Waals surface area contributed by atoms with Crippen molar-refractivity contribution < 1.29 is 14.7 Å². The molecule has 0 bridgehead atoms. The molecule has 98 valence electrons. The number of carbonyl (C=O) groups is 2. The Bertz CT molecular complexity index is 512. The van der Waals surface area contributed by atoms with Gasteiger partial charge in [-0.3, -0.25) is 9.59 Å². The highest BCUT2D eigenvalue weighted by atomic mass is 16.4. The zero-order valence-electron chi connectivity index (χ0n) is 9.78. The molecule has 0 radical (unpaired) electrons. The number of aromatic nitrogens is 2. The lowest BCUT2D eigenvalue weighted by Gasteiger charge is -2.40. The normalized spacial score (nSPS) is 16.9. The SMILES string of the molecule is O=C(O)CC1(CNC(=O)c2c[nH]c(=O)[nH]2)CCC1. The smallest absolute Gasteiger partial charge is 0.323 e. The van der Waals surface area contributed by atoms with Gasteiger partial charge in [0.25, 0.3) is 5.91 Å². The van der Waals surface area contributed by atoms with Crippen LogP contribution in [-0.2, 0) is 4.79 Å². The van der Waals surface area contributed by atoms with Gasteiger partial charge in [-0.15, -0.1) is 0 Å². The number of carboxylic acids is 1. The highest BCUT2D eigenvalue weighted by Gasteiger charge is 2.39. The Morgan fingerprint density at radius 3 is 2.61 bits per heavy atom. The first-order chi connectivity index (χ1) is 8.51. The van der Waals surface area contributed by atoms with E-state index >= 15 is 0 Å². The quantitative estimate of drug-likeness (QED) is 0.594. The van der Waals surface area contributed by atoms with Crippen molar-refractivity contribution in [3.63, 3.8) is 0 Å². The van der Waals surface area contributed by atoms with Crippen molar-refractivity contribution in [1.29, 1.82) is 0 Å². The molecular formula is C11H15N3O4. The molecule has 1 fully saturated rings. The Morgan fingerprint density at radius 2 is 2.17 bits per heavy atom. The second-order valence-corrected chi connectivity index (χ2v) is 4.76. The second kappa shape index (κ2) is 4.67. The van der Waals surface area contributed by atoms with Crippen molar-refractivity contribution in [2.75, 3.05) is 6.54 Å². The molecule has 18 heavy (non-hydrogen) atoms. The molecular weight excluding hydrogens is 238 g/mol. The molecule has 1 heterocycles. The van der Waals surface area contributed by atoms with Gasteiger partial charge >= 0.3 is 11.7 Å². The first kappa shape index (κ1) is 12.4. The summed E-state index contributed by atoms with van der Waals surface area (Å²) in [5, 5.41) is 11.5. The highest BCUT2D eigenvalue weighted by Crippen LogP contribution is 2.43. The molecule has 1 amide bonds. The lowest BCUT2D eigenvalue weighted by atomic mass is 9.66. The maximum atomic E-state index is 11.7. The van der Waals surface area contributed by atoms with Crippen LogP contribution < -0.4 is 11.0 Å². The Morgan fingerprint density at radius 1 is 1.44 bits per heavy atom. The van der Waals surface area contributed by atoms with Crippen LogP contribution in [0.25, 0.3) is 0 Å². The van der Waals surface area contributed by atoms with Gasteiger partial charge in [-0.25, -0.2) is 4.79 Å². The van der Waals surface area contributed by atoms with Gasteiger partial charge in [-0.05, 0) is 18.3 Å². The predicted octanol–water partition coefficient (Wildman–Crippen LogP) is 0.0778. The number of amides is 1. The molecule has 0 aromatic carbocycles. The van der Waals surface area contributed by atoms with Crippen LogP contribution in [0.5, 0.6) is 0 Å². The largest absolute Gasteiger partial charge is 0.481 e. The third-order valence-corrected chi connectivity index (χ3v) is 3.40. The fourth-order valence-electron chi connectivity index (χ4n) is 2.23. The summed E-state index contributed by atoms with van der Waals surface area (Å²) in [6.07, 6.45) is 3.97. The minimum absolute atomic E-state index is 0.0664. The van der Waals surface area contributed by atoms with E-state index in [2.05, 4.69) is 15.3 Å². The van der Waals surface area contributed by atoms with Crippen molar-refractivity contribution in [1.82, 2.24) is 15.3 Å². The first-order valence-electron chi connectivity index (χ1n) is 5.78. The number of hydrogen-bond donors (Lipinski definition) is 4.